The zero-order valence-electron chi connectivity index (χ0n) is 7.05. The third kappa shape index (κ3) is 3.96. The molecule has 10 heavy (non-hydrogen) atoms. The first kappa shape index (κ1) is 10.0. The fourth-order valence-corrected chi connectivity index (χ4v) is 1.19. The van der Waals surface area contributed by atoms with Crippen molar-refractivity contribution in [3.63, 3.8) is 0 Å². The molecule has 60 valence electrons. The summed E-state index contributed by atoms with van der Waals surface area (Å²) in [5, 5.41) is 5.46. The molecule has 0 spiro atoms. The highest BCUT2D eigenvalue weighted by molar-refractivity contribution is 8.00. The van der Waals surface area contributed by atoms with Crippen LogP contribution in [-0.4, -0.2) is 0 Å². The van der Waals surface area contributed by atoms with Crippen LogP contribution in [-0.2, 0) is 0 Å². The standard InChI is InChI=1S/C8H17NS/c1-4-5-6-8(10-9)7(2)3/h6-7H,4-5,9H2,1-3H3/b8-6-. The number of allylic oxidation sites excluding steroid dienone is 2. The molecule has 2 N–H and O–H groups in total. The summed E-state index contributed by atoms with van der Waals surface area (Å²) in [7, 11) is 0. The fourth-order valence-electron chi connectivity index (χ4n) is 0.706. The molecule has 0 aliphatic rings. The maximum Gasteiger partial charge on any atom is -0.00133 e. The van der Waals surface area contributed by atoms with Crippen molar-refractivity contribution in [2.75, 3.05) is 0 Å². The first-order valence-corrected chi connectivity index (χ1v) is 4.67. The Morgan fingerprint density at radius 3 is 2.50 bits per heavy atom. The van der Waals surface area contributed by atoms with Crippen LogP contribution in [0.1, 0.15) is 33.6 Å². The molecule has 0 aliphatic heterocycles. The number of unbranched alkanes of at least 4 members (excludes halogenated alkanes) is 1. The molecule has 0 saturated carbocycles. The first-order valence-electron chi connectivity index (χ1n) is 3.79. The second kappa shape index (κ2) is 5.81. The normalized spacial score (nSPS) is 12.7. The first-order chi connectivity index (χ1) is 4.72. The van der Waals surface area contributed by atoms with E-state index in [-0.39, 0.29) is 0 Å². The van der Waals surface area contributed by atoms with E-state index in [1.54, 1.807) is 0 Å². The summed E-state index contributed by atoms with van der Waals surface area (Å²) in [5.41, 5.74) is 0. The van der Waals surface area contributed by atoms with Gasteiger partial charge in [-0.1, -0.05) is 45.2 Å². The van der Waals surface area contributed by atoms with Gasteiger partial charge in [-0.3, -0.25) is 5.14 Å². The highest BCUT2D eigenvalue weighted by Gasteiger charge is 1.99. The summed E-state index contributed by atoms with van der Waals surface area (Å²) >= 11 is 1.38. The second-order valence-corrected chi connectivity index (χ2v) is 3.37. The number of hydrogen-bond donors (Lipinski definition) is 1. The van der Waals surface area contributed by atoms with Crippen LogP contribution in [0.25, 0.3) is 0 Å². The van der Waals surface area contributed by atoms with Crippen LogP contribution < -0.4 is 5.14 Å². The van der Waals surface area contributed by atoms with E-state index in [0.29, 0.717) is 5.92 Å². The Kier molecular flexibility index (Phi) is 5.84. The van der Waals surface area contributed by atoms with E-state index in [0.717, 1.165) is 6.42 Å². The van der Waals surface area contributed by atoms with Crippen LogP contribution in [0, 0.1) is 5.92 Å². The quantitative estimate of drug-likeness (QED) is 0.638. The molecule has 0 unspecified atom stereocenters. The molecule has 0 bridgehead atoms. The molecule has 0 heterocycles. The topological polar surface area (TPSA) is 26.0 Å². The number of hydrogen-bond acceptors (Lipinski definition) is 2. The highest BCUT2D eigenvalue weighted by Crippen LogP contribution is 2.19. The number of rotatable bonds is 4. The van der Waals surface area contributed by atoms with Gasteiger partial charge in [0.1, 0.15) is 0 Å². The molecule has 0 atom stereocenters. The zero-order chi connectivity index (χ0) is 7.98. The van der Waals surface area contributed by atoms with Gasteiger partial charge >= 0.3 is 0 Å². The lowest BCUT2D eigenvalue weighted by Crippen LogP contribution is -1.93. The van der Waals surface area contributed by atoms with Crippen molar-refractivity contribution in [3.8, 4) is 0 Å². The molecule has 0 radical (unpaired) electrons. The van der Waals surface area contributed by atoms with E-state index in [2.05, 4.69) is 26.8 Å². The Balaban J connectivity index is 3.79. The van der Waals surface area contributed by atoms with E-state index in [4.69, 9.17) is 5.14 Å². The van der Waals surface area contributed by atoms with Gasteiger partial charge in [-0.2, -0.15) is 0 Å². The van der Waals surface area contributed by atoms with Crippen LogP contribution in [0.2, 0.25) is 0 Å². The minimum atomic E-state index is 0.585. The molecule has 0 aromatic rings. The molecular weight excluding hydrogens is 142 g/mol. The van der Waals surface area contributed by atoms with Crippen LogP contribution in [0.3, 0.4) is 0 Å². The van der Waals surface area contributed by atoms with Gasteiger partial charge in [0, 0.05) is 0 Å². The molecule has 2 heteroatoms. The van der Waals surface area contributed by atoms with Gasteiger partial charge in [0.2, 0.25) is 0 Å². The van der Waals surface area contributed by atoms with Gasteiger partial charge in [-0.25, -0.2) is 0 Å². The lowest BCUT2D eigenvalue weighted by molar-refractivity contribution is 0.804. The third-order valence-electron chi connectivity index (χ3n) is 1.34. The van der Waals surface area contributed by atoms with Gasteiger partial charge < -0.3 is 0 Å². The van der Waals surface area contributed by atoms with Crippen LogP contribution in [0.4, 0.5) is 0 Å². The van der Waals surface area contributed by atoms with Crippen molar-refractivity contribution in [2.45, 2.75) is 33.6 Å². The highest BCUT2D eigenvalue weighted by atomic mass is 32.2. The van der Waals surface area contributed by atoms with Gasteiger partial charge in [0.05, 0.1) is 0 Å². The Bertz CT molecular complexity index is 108. The molecule has 0 aromatic carbocycles. The lowest BCUT2D eigenvalue weighted by Gasteiger charge is -2.06. The molecular formula is C8H17NS. The zero-order valence-corrected chi connectivity index (χ0v) is 7.87. The Morgan fingerprint density at radius 2 is 2.20 bits per heavy atom. The molecule has 0 aromatic heterocycles. The number of nitrogens with two attached hydrogens (primary N) is 1. The summed E-state index contributed by atoms with van der Waals surface area (Å²) in [5.74, 6) is 0.585. The molecule has 0 saturated heterocycles. The van der Waals surface area contributed by atoms with Crippen molar-refractivity contribution < 1.29 is 0 Å². The third-order valence-corrected chi connectivity index (χ3v) is 2.25. The van der Waals surface area contributed by atoms with Crippen LogP contribution >= 0.6 is 11.9 Å². The molecule has 0 rings (SSSR count). The minimum Gasteiger partial charge on any atom is -0.274 e. The van der Waals surface area contributed by atoms with E-state index in [9.17, 15) is 0 Å². The van der Waals surface area contributed by atoms with Gasteiger partial charge in [-0.05, 0) is 17.2 Å². The van der Waals surface area contributed by atoms with Crippen LogP contribution in [0.15, 0.2) is 11.0 Å². The fraction of sp³-hybridized carbons (Fsp3) is 0.750. The van der Waals surface area contributed by atoms with Crippen molar-refractivity contribution in [3.05, 3.63) is 11.0 Å². The molecule has 0 fully saturated rings. The predicted octanol–water partition coefficient (Wildman–Crippen LogP) is 2.93. The van der Waals surface area contributed by atoms with Gasteiger partial charge in [-0.15, -0.1) is 0 Å². The summed E-state index contributed by atoms with van der Waals surface area (Å²) in [6.45, 7) is 6.51. The van der Waals surface area contributed by atoms with Gasteiger partial charge in [0.25, 0.3) is 0 Å². The summed E-state index contributed by atoms with van der Waals surface area (Å²) in [4.78, 5) is 1.31. The maximum absolute atomic E-state index is 5.46. The second-order valence-electron chi connectivity index (χ2n) is 2.67. The average Bonchev–Trinajstić information content (AvgIpc) is 1.89. The SMILES string of the molecule is CCC/C=C(\SN)C(C)C. The van der Waals surface area contributed by atoms with E-state index in [1.165, 1.54) is 23.3 Å². The Hall–Kier alpha value is 0.0500. The van der Waals surface area contributed by atoms with E-state index >= 15 is 0 Å². The maximum atomic E-state index is 5.46. The largest absolute Gasteiger partial charge is 0.274 e. The van der Waals surface area contributed by atoms with Crippen molar-refractivity contribution >= 4 is 11.9 Å². The molecule has 0 amide bonds. The summed E-state index contributed by atoms with van der Waals surface area (Å²) in [6.07, 6.45) is 4.59. The van der Waals surface area contributed by atoms with E-state index in [1.807, 2.05) is 0 Å². The Morgan fingerprint density at radius 1 is 1.60 bits per heavy atom. The summed E-state index contributed by atoms with van der Waals surface area (Å²) < 4.78 is 0. The van der Waals surface area contributed by atoms with Crippen LogP contribution in [0.5, 0.6) is 0 Å². The van der Waals surface area contributed by atoms with Crippen molar-refractivity contribution in [1.82, 2.24) is 0 Å². The predicted molar refractivity (Wildman–Crippen MR) is 49.6 cm³/mol. The van der Waals surface area contributed by atoms with Crippen molar-refractivity contribution in [1.29, 1.82) is 0 Å². The molecule has 1 nitrogen and oxygen atoms in total. The monoisotopic (exact) mass is 159 g/mol. The van der Waals surface area contributed by atoms with E-state index < -0.39 is 0 Å². The average molecular weight is 159 g/mol. The molecule has 0 aliphatic carbocycles. The lowest BCUT2D eigenvalue weighted by atomic mass is 10.2. The minimum absolute atomic E-state index is 0.585. The van der Waals surface area contributed by atoms with Crippen molar-refractivity contribution in [2.24, 2.45) is 11.1 Å². The Labute approximate surface area is 68.2 Å². The van der Waals surface area contributed by atoms with Gasteiger partial charge in [0.15, 0.2) is 0 Å². The smallest absolute Gasteiger partial charge is 0.00133 e. The summed E-state index contributed by atoms with van der Waals surface area (Å²) in [6, 6.07) is 0.